The molecule has 10 heteroatoms. The first-order valence-electron chi connectivity index (χ1n) is 8.37. The predicted octanol–water partition coefficient (Wildman–Crippen LogP) is 1.23. The van der Waals surface area contributed by atoms with Crippen molar-refractivity contribution in [1.82, 2.24) is 14.1 Å². The maximum atomic E-state index is 12.5. The Bertz CT molecular complexity index is 1190. The molecule has 0 unspecified atom stereocenters. The van der Waals surface area contributed by atoms with Gasteiger partial charge in [-0.05, 0) is 18.2 Å². The van der Waals surface area contributed by atoms with E-state index < -0.39 is 17.2 Å². The fraction of sp³-hybridized carbons (Fsp3) is 0.222. The standard InChI is InChI=1S/C18H16N4O5S/c1-21-8-11(16(24)22(2)18(21)25)15(23)20-17-19-12(9-28-17)10-3-4-13-14(7-10)27-6-5-26-13/h3-4,7-9H,5-6H2,1-2H3,(H,19,20,23). The van der Waals surface area contributed by atoms with Crippen LogP contribution in [0.5, 0.6) is 11.5 Å². The molecule has 3 heterocycles. The van der Waals surface area contributed by atoms with Crippen molar-refractivity contribution in [2.24, 2.45) is 14.1 Å². The lowest BCUT2D eigenvalue weighted by Gasteiger charge is -2.18. The number of ether oxygens (including phenoxy) is 2. The first-order chi connectivity index (χ1) is 13.4. The van der Waals surface area contributed by atoms with Gasteiger partial charge in [0.25, 0.3) is 11.5 Å². The van der Waals surface area contributed by atoms with Crippen molar-refractivity contribution in [3.8, 4) is 22.8 Å². The van der Waals surface area contributed by atoms with Gasteiger partial charge in [0, 0.05) is 31.2 Å². The third kappa shape index (κ3) is 3.18. The number of amides is 1. The highest BCUT2D eigenvalue weighted by molar-refractivity contribution is 7.14. The highest BCUT2D eigenvalue weighted by Gasteiger charge is 2.17. The molecule has 1 N–H and O–H groups in total. The van der Waals surface area contributed by atoms with Gasteiger partial charge in [0.05, 0.1) is 5.69 Å². The van der Waals surface area contributed by atoms with E-state index in [2.05, 4.69) is 10.3 Å². The molecule has 1 aliphatic rings. The van der Waals surface area contributed by atoms with Crippen LogP contribution in [0.15, 0.2) is 39.4 Å². The first-order valence-corrected chi connectivity index (χ1v) is 9.25. The fourth-order valence-corrected chi connectivity index (χ4v) is 3.51. The maximum Gasteiger partial charge on any atom is 0.330 e. The number of nitrogens with zero attached hydrogens (tertiary/aromatic N) is 3. The minimum absolute atomic E-state index is 0.138. The van der Waals surface area contributed by atoms with E-state index in [9.17, 15) is 14.4 Å². The second-order valence-electron chi connectivity index (χ2n) is 6.15. The van der Waals surface area contributed by atoms with Gasteiger partial charge in [-0.25, -0.2) is 9.78 Å². The summed E-state index contributed by atoms with van der Waals surface area (Å²) in [7, 11) is 2.80. The molecule has 0 bridgehead atoms. The summed E-state index contributed by atoms with van der Waals surface area (Å²) in [6.07, 6.45) is 1.22. The van der Waals surface area contributed by atoms with Gasteiger partial charge in [0.2, 0.25) is 0 Å². The van der Waals surface area contributed by atoms with Crippen LogP contribution in [0.4, 0.5) is 5.13 Å². The van der Waals surface area contributed by atoms with Crippen LogP contribution in [0, 0.1) is 0 Å². The number of rotatable bonds is 3. The van der Waals surface area contributed by atoms with Crippen LogP contribution >= 0.6 is 11.3 Å². The van der Waals surface area contributed by atoms with Crippen LogP contribution in [0.1, 0.15) is 10.4 Å². The van der Waals surface area contributed by atoms with Gasteiger partial charge < -0.3 is 14.0 Å². The molecule has 144 valence electrons. The zero-order valence-electron chi connectivity index (χ0n) is 15.1. The summed E-state index contributed by atoms with van der Waals surface area (Å²) in [5, 5.41) is 4.74. The van der Waals surface area contributed by atoms with E-state index in [0.29, 0.717) is 35.5 Å². The third-order valence-corrected chi connectivity index (χ3v) is 5.01. The Morgan fingerprint density at radius 1 is 1.18 bits per heavy atom. The van der Waals surface area contributed by atoms with Crippen molar-refractivity contribution in [3.05, 3.63) is 56.2 Å². The first kappa shape index (κ1) is 18.0. The largest absolute Gasteiger partial charge is 0.486 e. The molecule has 0 aliphatic carbocycles. The normalized spacial score (nSPS) is 12.6. The Morgan fingerprint density at radius 3 is 2.71 bits per heavy atom. The van der Waals surface area contributed by atoms with Crippen LogP contribution in [-0.2, 0) is 14.1 Å². The number of hydrogen-bond acceptors (Lipinski definition) is 7. The number of carbonyl (C=O) groups is 1. The van der Waals surface area contributed by atoms with Gasteiger partial charge in [-0.1, -0.05) is 0 Å². The summed E-state index contributed by atoms with van der Waals surface area (Å²) in [5.74, 6) is 0.708. The molecule has 0 saturated carbocycles. The van der Waals surface area contributed by atoms with Crippen LogP contribution in [0.3, 0.4) is 0 Å². The van der Waals surface area contributed by atoms with Crippen molar-refractivity contribution < 1.29 is 14.3 Å². The van der Waals surface area contributed by atoms with Crippen molar-refractivity contribution >= 4 is 22.4 Å². The topological polar surface area (TPSA) is 104 Å². The van der Waals surface area contributed by atoms with Crippen molar-refractivity contribution in [2.75, 3.05) is 18.5 Å². The fourth-order valence-electron chi connectivity index (χ4n) is 2.79. The van der Waals surface area contributed by atoms with Crippen LogP contribution in [0.25, 0.3) is 11.3 Å². The number of anilines is 1. The Kier molecular flexibility index (Phi) is 4.47. The number of nitrogens with one attached hydrogen (secondary N) is 1. The zero-order chi connectivity index (χ0) is 19.8. The Morgan fingerprint density at radius 2 is 1.93 bits per heavy atom. The molecule has 1 aromatic carbocycles. The average molecular weight is 400 g/mol. The second-order valence-corrected chi connectivity index (χ2v) is 7.01. The van der Waals surface area contributed by atoms with E-state index in [0.717, 1.165) is 10.1 Å². The van der Waals surface area contributed by atoms with Gasteiger partial charge in [-0.15, -0.1) is 11.3 Å². The molecular weight excluding hydrogens is 384 g/mol. The smallest absolute Gasteiger partial charge is 0.330 e. The van der Waals surface area contributed by atoms with Gasteiger partial charge in [-0.3, -0.25) is 19.5 Å². The molecule has 1 aliphatic heterocycles. The Hall–Kier alpha value is -3.40. The monoisotopic (exact) mass is 400 g/mol. The van der Waals surface area contributed by atoms with E-state index in [4.69, 9.17) is 9.47 Å². The highest BCUT2D eigenvalue weighted by Crippen LogP contribution is 2.35. The number of aryl methyl sites for hydroxylation is 1. The lowest BCUT2D eigenvalue weighted by molar-refractivity contribution is 0.102. The lowest BCUT2D eigenvalue weighted by atomic mass is 10.1. The minimum atomic E-state index is -0.663. The van der Waals surface area contributed by atoms with Crippen LogP contribution in [0.2, 0.25) is 0 Å². The van der Waals surface area contributed by atoms with E-state index in [1.54, 1.807) is 5.38 Å². The number of aromatic nitrogens is 3. The van der Waals surface area contributed by atoms with E-state index in [-0.39, 0.29) is 5.56 Å². The van der Waals surface area contributed by atoms with Gasteiger partial charge in [0.1, 0.15) is 18.8 Å². The molecular formula is C18H16N4O5S. The molecule has 2 aromatic heterocycles. The minimum Gasteiger partial charge on any atom is -0.486 e. The molecule has 0 atom stereocenters. The Labute approximate surface area is 162 Å². The van der Waals surface area contributed by atoms with Gasteiger partial charge in [-0.2, -0.15) is 0 Å². The van der Waals surface area contributed by atoms with E-state index in [1.165, 1.54) is 36.2 Å². The number of hydrogen-bond donors (Lipinski definition) is 1. The Balaban J connectivity index is 1.58. The molecule has 1 amide bonds. The van der Waals surface area contributed by atoms with Crippen LogP contribution in [-0.4, -0.2) is 33.2 Å². The maximum absolute atomic E-state index is 12.5. The summed E-state index contributed by atoms with van der Waals surface area (Å²) < 4.78 is 13.1. The molecule has 4 rings (SSSR count). The molecule has 9 nitrogen and oxygen atoms in total. The second kappa shape index (κ2) is 6.97. The summed E-state index contributed by atoms with van der Waals surface area (Å²) in [6.45, 7) is 1.01. The molecule has 0 spiro atoms. The number of thiazole rings is 1. The SMILES string of the molecule is Cn1cc(C(=O)Nc2nc(-c3ccc4c(c3)OCCO4)cs2)c(=O)n(C)c1=O. The molecule has 0 saturated heterocycles. The predicted molar refractivity (Wildman–Crippen MR) is 103 cm³/mol. The van der Waals surface area contributed by atoms with Gasteiger partial charge >= 0.3 is 5.69 Å². The molecule has 28 heavy (non-hydrogen) atoms. The highest BCUT2D eigenvalue weighted by atomic mass is 32.1. The lowest BCUT2D eigenvalue weighted by Crippen LogP contribution is -2.40. The number of benzene rings is 1. The van der Waals surface area contributed by atoms with Gasteiger partial charge in [0.15, 0.2) is 16.6 Å². The summed E-state index contributed by atoms with van der Waals surface area (Å²) >= 11 is 1.23. The quantitative estimate of drug-likeness (QED) is 0.709. The van der Waals surface area contributed by atoms with Crippen LogP contribution < -0.4 is 26.0 Å². The van der Waals surface area contributed by atoms with Crippen molar-refractivity contribution in [3.63, 3.8) is 0 Å². The summed E-state index contributed by atoms with van der Waals surface area (Å²) in [5.41, 5.74) is 0.172. The summed E-state index contributed by atoms with van der Waals surface area (Å²) in [4.78, 5) is 40.8. The summed E-state index contributed by atoms with van der Waals surface area (Å²) in [6, 6.07) is 5.50. The average Bonchev–Trinajstić information content (AvgIpc) is 3.17. The van der Waals surface area contributed by atoms with E-state index in [1.807, 2.05) is 18.2 Å². The molecule has 0 fully saturated rings. The zero-order valence-corrected chi connectivity index (χ0v) is 15.9. The number of fused-ring (bicyclic) bond motifs is 1. The number of carbonyl (C=O) groups excluding carboxylic acids is 1. The molecule has 0 radical (unpaired) electrons. The van der Waals surface area contributed by atoms with Crippen molar-refractivity contribution in [2.45, 2.75) is 0 Å². The third-order valence-electron chi connectivity index (χ3n) is 4.25. The molecule has 3 aromatic rings. The van der Waals surface area contributed by atoms with E-state index >= 15 is 0 Å². The van der Waals surface area contributed by atoms with Crippen molar-refractivity contribution in [1.29, 1.82) is 0 Å².